The lowest BCUT2D eigenvalue weighted by Crippen LogP contribution is -2.21. The summed E-state index contributed by atoms with van der Waals surface area (Å²) in [6, 6.07) is 5.63. The van der Waals surface area contributed by atoms with Gasteiger partial charge in [0.2, 0.25) is 0 Å². The van der Waals surface area contributed by atoms with Gasteiger partial charge in [-0.25, -0.2) is 17.6 Å². The Hall–Kier alpha value is -2.35. The molecule has 2 aromatic rings. The van der Waals surface area contributed by atoms with Gasteiger partial charge >= 0.3 is 0 Å². The predicted molar refractivity (Wildman–Crippen MR) is 146 cm³/mol. The molecule has 210 valence electrons. The van der Waals surface area contributed by atoms with Crippen LogP contribution in [0.3, 0.4) is 0 Å². The van der Waals surface area contributed by atoms with Crippen molar-refractivity contribution < 1.29 is 17.6 Å². The summed E-state index contributed by atoms with van der Waals surface area (Å²) in [5, 5.41) is 8.91. The lowest BCUT2D eigenvalue weighted by atomic mass is 9.73. The van der Waals surface area contributed by atoms with E-state index in [1.54, 1.807) is 12.1 Å². The highest BCUT2D eigenvalue weighted by atomic mass is 19.1. The van der Waals surface area contributed by atoms with Crippen LogP contribution in [0.25, 0.3) is 0 Å². The molecular formula is C34H41F4N. The highest BCUT2D eigenvalue weighted by Gasteiger charge is 2.32. The van der Waals surface area contributed by atoms with Crippen LogP contribution in [0, 0.1) is 52.4 Å². The molecule has 0 aliphatic heterocycles. The van der Waals surface area contributed by atoms with Crippen molar-refractivity contribution in [1.29, 1.82) is 5.26 Å². The molecule has 1 unspecified atom stereocenters. The minimum absolute atomic E-state index is 0.0794. The van der Waals surface area contributed by atoms with Crippen LogP contribution in [0.4, 0.5) is 17.6 Å². The number of fused-ring (bicyclic) bond motifs is 1. The van der Waals surface area contributed by atoms with Crippen LogP contribution in [0.2, 0.25) is 0 Å². The van der Waals surface area contributed by atoms with Crippen LogP contribution < -0.4 is 0 Å². The largest absolute Gasteiger partial charge is 0.207 e. The quantitative estimate of drug-likeness (QED) is 0.321. The van der Waals surface area contributed by atoms with Crippen molar-refractivity contribution in [2.24, 2.45) is 17.8 Å². The summed E-state index contributed by atoms with van der Waals surface area (Å²) in [6.45, 7) is 2.28. The first-order valence-electron chi connectivity index (χ1n) is 15.3. The molecule has 39 heavy (non-hydrogen) atoms. The average Bonchev–Trinajstić information content (AvgIpc) is 2.93. The topological polar surface area (TPSA) is 23.8 Å². The Morgan fingerprint density at radius 1 is 0.718 bits per heavy atom. The highest BCUT2D eigenvalue weighted by molar-refractivity contribution is 5.40. The molecule has 5 heteroatoms. The predicted octanol–water partition coefficient (Wildman–Crippen LogP) is 10.0. The second-order valence-corrected chi connectivity index (χ2v) is 12.6. The van der Waals surface area contributed by atoms with Gasteiger partial charge in [-0.1, -0.05) is 51.9 Å². The molecule has 3 aliphatic carbocycles. The van der Waals surface area contributed by atoms with Gasteiger partial charge in [-0.3, -0.25) is 0 Å². The van der Waals surface area contributed by atoms with Gasteiger partial charge in [-0.2, -0.15) is 5.26 Å². The number of benzene rings is 2. The molecule has 5 rings (SSSR count). The van der Waals surface area contributed by atoms with Crippen LogP contribution >= 0.6 is 0 Å². The van der Waals surface area contributed by atoms with Crippen LogP contribution in [-0.2, 0) is 12.8 Å². The Balaban J connectivity index is 1.19. The minimum Gasteiger partial charge on any atom is -0.207 e. The number of halogens is 4. The van der Waals surface area contributed by atoms with Crippen LogP contribution in [0.15, 0.2) is 18.2 Å². The maximum Gasteiger partial charge on any atom is 0.144 e. The van der Waals surface area contributed by atoms with E-state index in [0.29, 0.717) is 49.1 Å². The van der Waals surface area contributed by atoms with Crippen LogP contribution in [0.5, 0.6) is 0 Å². The zero-order valence-electron chi connectivity index (χ0n) is 23.2. The van der Waals surface area contributed by atoms with E-state index >= 15 is 8.78 Å². The van der Waals surface area contributed by atoms with Gasteiger partial charge in [0.25, 0.3) is 0 Å². The Morgan fingerprint density at radius 2 is 1.31 bits per heavy atom. The van der Waals surface area contributed by atoms with E-state index in [4.69, 9.17) is 5.26 Å². The Labute approximate surface area is 231 Å². The van der Waals surface area contributed by atoms with E-state index in [0.717, 1.165) is 36.7 Å². The van der Waals surface area contributed by atoms with E-state index in [9.17, 15) is 8.78 Å². The summed E-state index contributed by atoms with van der Waals surface area (Å²) >= 11 is 0. The van der Waals surface area contributed by atoms with Crippen molar-refractivity contribution in [1.82, 2.24) is 0 Å². The molecule has 0 spiro atoms. The van der Waals surface area contributed by atoms with E-state index in [-0.39, 0.29) is 23.2 Å². The average molecular weight is 540 g/mol. The maximum atomic E-state index is 15.7. The molecule has 0 bridgehead atoms. The van der Waals surface area contributed by atoms with Gasteiger partial charge < -0.3 is 0 Å². The summed E-state index contributed by atoms with van der Waals surface area (Å²) in [7, 11) is 0. The van der Waals surface area contributed by atoms with Gasteiger partial charge in [0.15, 0.2) is 0 Å². The van der Waals surface area contributed by atoms with Crippen molar-refractivity contribution in [3.8, 4) is 6.07 Å². The van der Waals surface area contributed by atoms with Gasteiger partial charge in [0.1, 0.15) is 34.9 Å². The summed E-state index contributed by atoms with van der Waals surface area (Å²) in [6.07, 6.45) is 15.3. The second-order valence-electron chi connectivity index (χ2n) is 12.6. The van der Waals surface area contributed by atoms with E-state index in [2.05, 4.69) is 6.92 Å². The monoisotopic (exact) mass is 539 g/mol. The SMILES string of the molecule is CCCC1CCC(CCC2CCc3c(cc(F)c(C4CCC(c5cc(F)c(C#N)c(F)c5)CC4)c3F)C2)CC1. The van der Waals surface area contributed by atoms with Crippen LogP contribution in [0.1, 0.15) is 130 Å². The van der Waals surface area contributed by atoms with Gasteiger partial charge in [-0.15, -0.1) is 0 Å². The molecule has 0 amide bonds. The molecule has 2 aromatic carbocycles. The summed E-state index contributed by atoms with van der Waals surface area (Å²) < 4.78 is 59.4. The molecule has 0 radical (unpaired) electrons. The third kappa shape index (κ3) is 6.21. The molecule has 0 N–H and O–H groups in total. The molecule has 1 atom stereocenters. The molecule has 2 fully saturated rings. The van der Waals surface area contributed by atoms with Crippen molar-refractivity contribution in [2.45, 2.75) is 115 Å². The van der Waals surface area contributed by atoms with E-state index < -0.39 is 23.0 Å². The highest BCUT2D eigenvalue weighted by Crippen LogP contribution is 2.44. The normalized spacial score (nSPS) is 27.1. The van der Waals surface area contributed by atoms with Gasteiger partial charge in [0.05, 0.1) is 0 Å². The van der Waals surface area contributed by atoms with Crippen molar-refractivity contribution in [3.63, 3.8) is 0 Å². The summed E-state index contributed by atoms with van der Waals surface area (Å²) in [5.41, 5.74) is 1.73. The third-order valence-electron chi connectivity index (χ3n) is 10.2. The number of rotatable bonds is 7. The Morgan fingerprint density at radius 3 is 1.92 bits per heavy atom. The lowest BCUT2D eigenvalue weighted by molar-refractivity contribution is 0.235. The fraction of sp³-hybridized carbons (Fsp3) is 0.618. The first-order valence-corrected chi connectivity index (χ1v) is 15.3. The maximum absolute atomic E-state index is 15.7. The van der Waals surface area contributed by atoms with Crippen molar-refractivity contribution >= 4 is 0 Å². The van der Waals surface area contributed by atoms with Gasteiger partial charge in [-0.05, 0) is 116 Å². The lowest BCUT2D eigenvalue weighted by Gasteiger charge is -2.32. The molecular weight excluding hydrogens is 498 g/mol. The first kappa shape index (κ1) is 28.2. The first-order chi connectivity index (χ1) is 18.9. The molecule has 2 saturated carbocycles. The molecule has 3 aliphatic rings. The van der Waals surface area contributed by atoms with E-state index in [1.165, 1.54) is 57.1 Å². The minimum atomic E-state index is -0.848. The number of hydrogen-bond acceptors (Lipinski definition) is 1. The Kier molecular flexibility index (Phi) is 8.99. The molecule has 0 heterocycles. The molecule has 1 nitrogen and oxygen atoms in total. The summed E-state index contributed by atoms with van der Waals surface area (Å²) in [4.78, 5) is 0. The van der Waals surface area contributed by atoms with Crippen molar-refractivity contribution in [2.75, 3.05) is 0 Å². The standard InChI is InChI=1S/C34H41F4N/c1-2-3-21-4-6-22(7-5-21)8-9-23-10-15-28-27(16-23)19-32(37)33(34(28)38)25-13-11-24(12-14-25)26-17-30(35)29(20-39)31(36)18-26/h17-19,21-25H,2-16H2,1H3. The fourth-order valence-electron chi connectivity index (χ4n) is 7.90. The zero-order chi connectivity index (χ0) is 27.5. The summed E-state index contributed by atoms with van der Waals surface area (Å²) in [5.74, 6) is -0.522. The van der Waals surface area contributed by atoms with Gasteiger partial charge in [0, 0.05) is 5.56 Å². The van der Waals surface area contributed by atoms with Crippen molar-refractivity contribution in [3.05, 3.63) is 69.3 Å². The molecule has 0 saturated heterocycles. The second kappa shape index (κ2) is 12.4. The fourth-order valence-corrected chi connectivity index (χ4v) is 7.90. The number of nitriles is 1. The van der Waals surface area contributed by atoms with E-state index in [1.807, 2.05) is 0 Å². The smallest absolute Gasteiger partial charge is 0.144 e. The number of hydrogen-bond donors (Lipinski definition) is 0. The zero-order valence-corrected chi connectivity index (χ0v) is 23.2. The third-order valence-corrected chi connectivity index (χ3v) is 10.2. The van der Waals surface area contributed by atoms with Crippen LogP contribution in [-0.4, -0.2) is 0 Å². The molecule has 0 aromatic heterocycles. The number of nitrogens with zero attached hydrogens (tertiary/aromatic N) is 1. The Bertz CT molecular complexity index is 1180.